The second kappa shape index (κ2) is 6.00. The molecule has 0 spiro atoms. The van der Waals surface area contributed by atoms with Gasteiger partial charge >= 0.3 is 5.97 Å². The van der Waals surface area contributed by atoms with Gasteiger partial charge in [0.25, 0.3) is 0 Å². The monoisotopic (exact) mass is 291 g/mol. The number of ether oxygens (including phenoxy) is 1. The zero-order chi connectivity index (χ0) is 14.7. The zero-order valence-corrected chi connectivity index (χ0v) is 12.5. The lowest BCUT2D eigenvalue weighted by atomic mass is 10.3. The first-order chi connectivity index (χ1) is 9.60. The Labute approximate surface area is 122 Å². The van der Waals surface area contributed by atoms with E-state index in [1.54, 1.807) is 23.3 Å². The van der Waals surface area contributed by atoms with Crippen LogP contribution in [0.15, 0.2) is 29.2 Å². The number of esters is 1. The predicted octanol–water partition coefficient (Wildman–Crippen LogP) is 2.66. The third-order valence-electron chi connectivity index (χ3n) is 2.88. The molecule has 1 aromatic heterocycles. The van der Waals surface area contributed by atoms with Crippen molar-refractivity contribution in [3.8, 4) is 5.69 Å². The molecule has 0 aliphatic heterocycles. The van der Waals surface area contributed by atoms with Crippen molar-refractivity contribution in [2.24, 2.45) is 0 Å². The lowest BCUT2D eigenvalue weighted by molar-refractivity contribution is 0.0521. The summed E-state index contributed by atoms with van der Waals surface area (Å²) < 4.78 is 6.75. The van der Waals surface area contributed by atoms with E-state index in [1.807, 2.05) is 37.4 Å². The molecule has 0 fully saturated rings. The van der Waals surface area contributed by atoms with Crippen LogP contribution in [0.1, 0.15) is 23.2 Å². The largest absolute Gasteiger partial charge is 0.461 e. The maximum absolute atomic E-state index is 11.8. The highest BCUT2D eigenvalue weighted by atomic mass is 32.2. The number of aryl methyl sites for hydroxylation is 1. The number of nitrogens with two attached hydrogens (primary N) is 1. The van der Waals surface area contributed by atoms with Crippen LogP contribution in [0, 0.1) is 6.92 Å². The number of benzene rings is 1. The van der Waals surface area contributed by atoms with Crippen molar-refractivity contribution >= 4 is 23.5 Å². The van der Waals surface area contributed by atoms with Gasteiger partial charge in [-0.05, 0) is 32.2 Å². The van der Waals surface area contributed by atoms with Crippen LogP contribution in [0.5, 0.6) is 0 Å². The summed E-state index contributed by atoms with van der Waals surface area (Å²) in [6, 6.07) is 7.84. The molecule has 0 amide bonds. The molecular formula is C14H17N3O2S. The summed E-state index contributed by atoms with van der Waals surface area (Å²) in [5.41, 5.74) is 7.16. The third kappa shape index (κ3) is 2.51. The minimum atomic E-state index is -0.492. The van der Waals surface area contributed by atoms with Gasteiger partial charge in [0.05, 0.1) is 12.3 Å². The number of carbonyl (C=O) groups is 1. The first kappa shape index (κ1) is 14.5. The molecule has 6 heteroatoms. The van der Waals surface area contributed by atoms with Crippen LogP contribution in [-0.2, 0) is 4.74 Å². The van der Waals surface area contributed by atoms with E-state index >= 15 is 0 Å². The third-order valence-corrected chi connectivity index (χ3v) is 3.66. The van der Waals surface area contributed by atoms with E-state index in [1.165, 1.54) is 0 Å². The summed E-state index contributed by atoms with van der Waals surface area (Å²) in [6.45, 7) is 3.86. The van der Waals surface area contributed by atoms with Crippen molar-refractivity contribution in [2.75, 3.05) is 18.6 Å². The first-order valence-corrected chi connectivity index (χ1v) is 7.48. The molecule has 5 nitrogen and oxygen atoms in total. The Morgan fingerprint density at radius 3 is 2.80 bits per heavy atom. The van der Waals surface area contributed by atoms with Gasteiger partial charge in [0.2, 0.25) is 0 Å². The number of imidazole rings is 1. The summed E-state index contributed by atoms with van der Waals surface area (Å²) in [4.78, 5) is 17.1. The van der Waals surface area contributed by atoms with Gasteiger partial charge in [-0.3, -0.25) is 4.57 Å². The molecule has 0 radical (unpaired) electrons. The molecule has 0 unspecified atom stereocenters. The lowest BCUT2D eigenvalue weighted by Gasteiger charge is -2.11. The molecule has 1 aromatic carbocycles. The minimum absolute atomic E-state index is 0.167. The van der Waals surface area contributed by atoms with Gasteiger partial charge in [-0.15, -0.1) is 11.8 Å². The fourth-order valence-electron chi connectivity index (χ4n) is 2.02. The van der Waals surface area contributed by atoms with Crippen molar-refractivity contribution in [1.82, 2.24) is 9.55 Å². The number of aromatic nitrogens is 2. The van der Waals surface area contributed by atoms with E-state index in [0.29, 0.717) is 18.2 Å². The van der Waals surface area contributed by atoms with E-state index in [9.17, 15) is 4.79 Å². The average Bonchev–Trinajstić information content (AvgIpc) is 2.74. The molecule has 0 bridgehead atoms. The SMILES string of the molecule is CCOC(=O)c1nc(C)n(-c2ccccc2SC)c1N. The Bertz CT molecular complexity index is 637. The van der Waals surface area contributed by atoms with Crippen LogP contribution < -0.4 is 5.73 Å². The van der Waals surface area contributed by atoms with Crippen LogP contribution in [0.25, 0.3) is 5.69 Å². The average molecular weight is 291 g/mol. The van der Waals surface area contributed by atoms with Crippen molar-refractivity contribution in [2.45, 2.75) is 18.7 Å². The number of nitrogen functional groups attached to an aromatic ring is 1. The van der Waals surface area contributed by atoms with Gasteiger partial charge in [-0.1, -0.05) is 12.1 Å². The zero-order valence-electron chi connectivity index (χ0n) is 11.7. The van der Waals surface area contributed by atoms with Gasteiger partial charge in [-0.25, -0.2) is 9.78 Å². The van der Waals surface area contributed by atoms with Crippen LogP contribution in [0.4, 0.5) is 5.82 Å². The highest BCUT2D eigenvalue weighted by molar-refractivity contribution is 7.98. The Morgan fingerprint density at radius 1 is 1.45 bits per heavy atom. The van der Waals surface area contributed by atoms with Gasteiger partial charge in [0.15, 0.2) is 5.69 Å². The summed E-state index contributed by atoms with van der Waals surface area (Å²) in [5, 5.41) is 0. The van der Waals surface area contributed by atoms with E-state index in [4.69, 9.17) is 10.5 Å². The van der Waals surface area contributed by atoms with Crippen LogP contribution in [-0.4, -0.2) is 28.4 Å². The van der Waals surface area contributed by atoms with Crippen LogP contribution in [0.2, 0.25) is 0 Å². The number of hydrogen-bond acceptors (Lipinski definition) is 5. The van der Waals surface area contributed by atoms with Gasteiger partial charge in [0.1, 0.15) is 11.6 Å². The second-order valence-corrected chi connectivity index (χ2v) is 4.97. The summed E-state index contributed by atoms with van der Waals surface area (Å²) in [5.74, 6) is 0.475. The van der Waals surface area contributed by atoms with E-state index in [-0.39, 0.29) is 5.69 Å². The van der Waals surface area contributed by atoms with E-state index in [0.717, 1.165) is 10.6 Å². The van der Waals surface area contributed by atoms with Crippen molar-refractivity contribution < 1.29 is 9.53 Å². The standard InChI is InChI=1S/C14H17N3O2S/c1-4-19-14(18)12-13(15)17(9(2)16-12)10-7-5-6-8-11(10)20-3/h5-8H,4,15H2,1-3H3. The number of anilines is 1. The van der Waals surface area contributed by atoms with E-state index in [2.05, 4.69) is 4.98 Å². The Kier molecular flexibility index (Phi) is 4.34. The number of carbonyl (C=O) groups excluding carboxylic acids is 1. The quantitative estimate of drug-likeness (QED) is 0.692. The molecular weight excluding hydrogens is 274 g/mol. The number of nitrogens with zero attached hydrogens (tertiary/aromatic N) is 2. The first-order valence-electron chi connectivity index (χ1n) is 6.25. The van der Waals surface area contributed by atoms with Gasteiger partial charge in [0, 0.05) is 4.90 Å². The molecule has 0 atom stereocenters. The Balaban J connectivity index is 2.56. The summed E-state index contributed by atoms with van der Waals surface area (Å²) in [6.07, 6.45) is 1.99. The molecule has 2 N–H and O–H groups in total. The fraction of sp³-hybridized carbons (Fsp3) is 0.286. The van der Waals surface area contributed by atoms with E-state index < -0.39 is 5.97 Å². The molecule has 20 heavy (non-hydrogen) atoms. The minimum Gasteiger partial charge on any atom is -0.461 e. The molecule has 2 rings (SSSR count). The smallest absolute Gasteiger partial charge is 0.360 e. The highest BCUT2D eigenvalue weighted by Gasteiger charge is 2.21. The van der Waals surface area contributed by atoms with Crippen LogP contribution in [0.3, 0.4) is 0 Å². The Hall–Kier alpha value is -1.95. The molecule has 0 saturated carbocycles. The molecule has 0 aliphatic rings. The van der Waals surface area contributed by atoms with Gasteiger partial charge in [-0.2, -0.15) is 0 Å². The Morgan fingerprint density at radius 2 is 2.15 bits per heavy atom. The topological polar surface area (TPSA) is 70.1 Å². The predicted molar refractivity (Wildman–Crippen MR) is 80.5 cm³/mol. The highest BCUT2D eigenvalue weighted by Crippen LogP contribution is 2.28. The maximum atomic E-state index is 11.8. The molecule has 0 aliphatic carbocycles. The van der Waals surface area contributed by atoms with Crippen molar-refractivity contribution in [1.29, 1.82) is 0 Å². The summed E-state index contributed by atoms with van der Waals surface area (Å²) >= 11 is 1.62. The molecule has 1 heterocycles. The second-order valence-electron chi connectivity index (χ2n) is 4.12. The molecule has 106 valence electrons. The van der Waals surface area contributed by atoms with Gasteiger partial charge < -0.3 is 10.5 Å². The van der Waals surface area contributed by atoms with Crippen molar-refractivity contribution in [3.05, 3.63) is 35.8 Å². The number of para-hydroxylation sites is 1. The molecule has 0 saturated heterocycles. The molecule has 2 aromatic rings. The number of thioether (sulfide) groups is 1. The maximum Gasteiger partial charge on any atom is 0.360 e. The van der Waals surface area contributed by atoms with Crippen LogP contribution >= 0.6 is 11.8 Å². The van der Waals surface area contributed by atoms with Crippen molar-refractivity contribution in [3.63, 3.8) is 0 Å². The summed E-state index contributed by atoms with van der Waals surface area (Å²) in [7, 11) is 0. The lowest BCUT2D eigenvalue weighted by Crippen LogP contribution is -2.09. The fourth-order valence-corrected chi connectivity index (χ4v) is 2.60. The normalized spacial score (nSPS) is 10.6. The number of hydrogen-bond donors (Lipinski definition) is 1. The number of rotatable bonds is 4.